The van der Waals surface area contributed by atoms with Gasteiger partial charge in [0.05, 0.1) is 4.92 Å². The van der Waals surface area contributed by atoms with E-state index < -0.39 is 4.92 Å². The highest BCUT2D eigenvalue weighted by Gasteiger charge is 2.12. The second-order valence-electron chi connectivity index (χ2n) is 5.04. The molecule has 0 atom stereocenters. The number of para-hydroxylation sites is 1. The topological polar surface area (TPSA) is 85.4 Å². The van der Waals surface area contributed by atoms with Crippen LogP contribution in [0, 0.1) is 21.4 Å². The van der Waals surface area contributed by atoms with Crippen LogP contribution in [0.25, 0.3) is 0 Å². The maximum absolute atomic E-state index is 10.8. The van der Waals surface area contributed by atoms with E-state index in [-0.39, 0.29) is 17.0 Å². The van der Waals surface area contributed by atoms with Crippen molar-refractivity contribution in [1.29, 1.82) is 5.26 Å². The number of non-ortho nitro benzene ring substituents is 1. The molecule has 0 bridgehead atoms. The van der Waals surface area contributed by atoms with Crippen molar-refractivity contribution < 1.29 is 14.4 Å². The van der Waals surface area contributed by atoms with Crippen molar-refractivity contribution in [2.45, 2.75) is 0 Å². The van der Waals surface area contributed by atoms with Gasteiger partial charge in [0.2, 0.25) is 0 Å². The molecule has 0 amide bonds. The number of nitro benzene ring substituents is 1. The third kappa shape index (κ3) is 3.92. The van der Waals surface area contributed by atoms with Gasteiger partial charge in [-0.25, -0.2) is 0 Å². The second-order valence-corrected chi connectivity index (χ2v) is 5.04. The molecule has 0 saturated carbocycles. The molecule has 25 heavy (non-hydrogen) atoms. The van der Waals surface area contributed by atoms with Crippen LogP contribution in [0.2, 0.25) is 0 Å². The summed E-state index contributed by atoms with van der Waals surface area (Å²) in [6, 6.07) is 22.0. The van der Waals surface area contributed by atoms with Crippen LogP contribution < -0.4 is 9.47 Å². The van der Waals surface area contributed by atoms with Gasteiger partial charge in [-0.05, 0) is 30.3 Å². The fourth-order valence-corrected chi connectivity index (χ4v) is 2.16. The number of nitrogens with zero attached hydrogens (tertiary/aromatic N) is 2. The minimum atomic E-state index is -0.557. The molecule has 0 spiro atoms. The Morgan fingerprint density at radius 3 is 2.20 bits per heavy atom. The molecular weight excluding hydrogens is 320 g/mol. The summed E-state index contributed by atoms with van der Waals surface area (Å²) in [5.41, 5.74) is -0.0753. The van der Waals surface area contributed by atoms with Crippen molar-refractivity contribution in [1.82, 2.24) is 0 Å². The molecular formula is C19H12N2O4. The van der Waals surface area contributed by atoms with Crippen molar-refractivity contribution in [3.8, 4) is 29.1 Å². The smallest absolute Gasteiger partial charge is 0.271 e. The Bertz CT molecular complexity index is 949. The Labute approximate surface area is 143 Å². The van der Waals surface area contributed by atoms with E-state index in [0.29, 0.717) is 17.2 Å². The minimum Gasteiger partial charge on any atom is -0.457 e. The summed E-state index contributed by atoms with van der Waals surface area (Å²) in [6.07, 6.45) is 0. The first kappa shape index (κ1) is 16.0. The molecule has 0 aromatic heterocycles. The zero-order chi connectivity index (χ0) is 17.6. The number of nitriles is 1. The number of hydrogen-bond donors (Lipinski definition) is 0. The molecule has 6 heteroatoms. The number of hydrogen-bond acceptors (Lipinski definition) is 5. The van der Waals surface area contributed by atoms with Gasteiger partial charge < -0.3 is 9.47 Å². The van der Waals surface area contributed by atoms with Crippen LogP contribution in [-0.2, 0) is 0 Å². The summed E-state index contributed by atoms with van der Waals surface area (Å²) in [6.45, 7) is 0. The lowest BCUT2D eigenvalue weighted by Crippen LogP contribution is -1.93. The van der Waals surface area contributed by atoms with Crippen LogP contribution >= 0.6 is 0 Å². The fraction of sp³-hybridized carbons (Fsp3) is 0. The van der Waals surface area contributed by atoms with Gasteiger partial charge in [0.25, 0.3) is 5.69 Å². The van der Waals surface area contributed by atoms with E-state index in [1.807, 2.05) is 36.4 Å². The lowest BCUT2D eigenvalue weighted by Gasteiger charge is -2.10. The average molecular weight is 332 g/mol. The standard InChI is InChI=1S/C19H12N2O4/c20-13-14-11-15(21(22)23)9-10-19(14)25-18-8-4-7-17(12-18)24-16-5-2-1-3-6-16/h1-12H. The summed E-state index contributed by atoms with van der Waals surface area (Å²) >= 11 is 0. The van der Waals surface area contributed by atoms with Gasteiger partial charge in [0.1, 0.15) is 34.6 Å². The van der Waals surface area contributed by atoms with Gasteiger partial charge in [-0.1, -0.05) is 24.3 Å². The normalized spacial score (nSPS) is 9.88. The van der Waals surface area contributed by atoms with Crippen LogP contribution in [0.4, 0.5) is 5.69 Å². The molecule has 6 nitrogen and oxygen atoms in total. The van der Waals surface area contributed by atoms with E-state index >= 15 is 0 Å². The number of benzene rings is 3. The van der Waals surface area contributed by atoms with Gasteiger partial charge in [-0.3, -0.25) is 10.1 Å². The summed E-state index contributed by atoms with van der Waals surface area (Å²) in [5, 5.41) is 20.0. The lowest BCUT2D eigenvalue weighted by molar-refractivity contribution is -0.384. The largest absolute Gasteiger partial charge is 0.457 e. The third-order valence-corrected chi connectivity index (χ3v) is 3.31. The molecule has 3 rings (SSSR count). The van der Waals surface area contributed by atoms with E-state index in [4.69, 9.17) is 9.47 Å². The van der Waals surface area contributed by atoms with Crippen molar-refractivity contribution in [2.24, 2.45) is 0 Å². The van der Waals surface area contributed by atoms with Crippen LogP contribution in [0.3, 0.4) is 0 Å². The molecule has 0 N–H and O–H groups in total. The molecule has 0 heterocycles. The Morgan fingerprint density at radius 1 is 0.840 bits per heavy atom. The number of rotatable bonds is 5. The Hall–Kier alpha value is -3.85. The van der Waals surface area contributed by atoms with Crippen LogP contribution in [0.15, 0.2) is 72.8 Å². The van der Waals surface area contributed by atoms with Gasteiger partial charge in [0, 0.05) is 18.2 Å². The molecule has 0 aliphatic rings. The number of ether oxygens (including phenoxy) is 2. The molecule has 0 aliphatic carbocycles. The van der Waals surface area contributed by atoms with Gasteiger partial charge >= 0.3 is 0 Å². The Balaban J connectivity index is 1.83. The Kier molecular flexibility index (Phi) is 4.58. The van der Waals surface area contributed by atoms with E-state index in [1.165, 1.54) is 18.2 Å². The molecule has 0 aliphatic heterocycles. The van der Waals surface area contributed by atoms with Crippen molar-refractivity contribution in [2.75, 3.05) is 0 Å². The van der Waals surface area contributed by atoms with E-state index in [2.05, 4.69) is 0 Å². The number of nitro groups is 1. The van der Waals surface area contributed by atoms with Crippen molar-refractivity contribution >= 4 is 5.69 Å². The monoisotopic (exact) mass is 332 g/mol. The first-order valence-electron chi connectivity index (χ1n) is 7.35. The van der Waals surface area contributed by atoms with Crippen LogP contribution in [-0.4, -0.2) is 4.92 Å². The maximum Gasteiger partial charge on any atom is 0.271 e. The first-order chi connectivity index (χ1) is 12.2. The maximum atomic E-state index is 10.8. The van der Waals surface area contributed by atoms with E-state index in [1.54, 1.807) is 24.3 Å². The van der Waals surface area contributed by atoms with Crippen molar-refractivity contribution in [3.05, 3.63) is 88.5 Å². The summed E-state index contributed by atoms with van der Waals surface area (Å²) < 4.78 is 11.4. The molecule has 122 valence electrons. The zero-order valence-electron chi connectivity index (χ0n) is 13.0. The molecule has 3 aromatic rings. The highest BCUT2D eigenvalue weighted by Crippen LogP contribution is 2.31. The minimum absolute atomic E-state index is 0.0866. The average Bonchev–Trinajstić information content (AvgIpc) is 2.63. The van der Waals surface area contributed by atoms with E-state index in [0.717, 1.165) is 0 Å². The van der Waals surface area contributed by atoms with Gasteiger partial charge in [-0.15, -0.1) is 0 Å². The van der Waals surface area contributed by atoms with Crippen LogP contribution in [0.5, 0.6) is 23.0 Å². The fourth-order valence-electron chi connectivity index (χ4n) is 2.16. The van der Waals surface area contributed by atoms with Crippen LogP contribution in [0.1, 0.15) is 5.56 Å². The van der Waals surface area contributed by atoms with E-state index in [9.17, 15) is 15.4 Å². The molecule has 0 radical (unpaired) electrons. The summed E-state index contributed by atoms with van der Waals surface area (Å²) in [5.74, 6) is 1.96. The SMILES string of the molecule is N#Cc1cc([N+](=O)[O-])ccc1Oc1cccc(Oc2ccccc2)c1. The molecule has 0 saturated heterocycles. The molecule has 3 aromatic carbocycles. The van der Waals surface area contributed by atoms with Crippen molar-refractivity contribution in [3.63, 3.8) is 0 Å². The predicted octanol–water partition coefficient (Wildman–Crippen LogP) is 5.05. The summed E-state index contributed by atoms with van der Waals surface area (Å²) in [7, 11) is 0. The quantitative estimate of drug-likeness (QED) is 0.482. The lowest BCUT2D eigenvalue weighted by atomic mass is 10.2. The molecule has 0 unspecified atom stereocenters. The highest BCUT2D eigenvalue weighted by atomic mass is 16.6. The molecule has 0 fully saturated rings. The highest BCUT2D eigenvalue weighted by molar-refractivity contribution is 5.52. The Morgan fingerprint density at radius 2 is 1.52 bits per heavy atom. The second kappa shape index (κ2) is 7.15. The first-order valence-corrected chi connectivity index (χ1v) is 7.35. The third-order valence-electron chi connectivity index (χ3n) is 3.31. The predicted molar refractivity (Wildman–Crippen MR) is 90.8 cm³/mol. The van der Waals surface area contributed by atoms with Gasteiger partial charge in [0.15, 0.2) is 0 Å². The summed E-state index contributed by atoms with van der Waals surface area (Å²) in [4.78, 5) is 10.2. The zero-order valence-corrected chi connectivity index (χ0v) is 13.0. The van der Waals surface area contributed by atoms with Gasteiger partial charge in [-0.2, -0.15) is 5.26 Å².